The number of nitrogens with zero attached hydrogens (tertiary/aromatic N) is 2. The Morgan fingerprint density at radius 1 is 1.42 bits per heavy atom. The number of hydrogen-bond donors (Lipinski definition) is 2. The molecule has 5 nitrogen and oxygen atoms in total. The molecule has 2 aliphatic heterocycles. The number of fused-ring (bicyclic) bond motifs is 1. The van der Waals surface area contributed by atoms with Crippen LogP contribution in [0, 0.1) is 6.92 Å². The lowest BCUT2D eigenvalue weighted by Gasteiger charge is -2.39. The van der Waals surface area contributed by atoms with Crippen molar-refractivity contribution in [1.29, 1.82) is 0 Å². The van der Waals surface area contributed by atoms with Crippen LogP contribution in [0.3, 0.4) is 0 Å². The van der Waals surface area contributed by atoms with Crippen LogP contribution >= 0.6 is 0 Å². The number of nitrogens with one attached hydrogen (secondary N) is 1. The number of nitrogens with two attached hydrogens (primary N) is 1. The summed E-state index contributed by atoms with van der Waals surface area (Å²) in [5, 5.41) is 2.91. The summed E-state index contributed by atoms with van der Waals surface area (Å²) in [4.78, 5) is 15.9. The highest BCUT2D eigenvalue weighted by atomic mass is 16.2. The molecular formula is C14H20N4O. The van der Waals surface area contributed by atoms with Crippen LogP contribution in [0.1, 0.15) is 11.1 Å². The van der Waals surface area contributed by atoms with Crippen LogP contribution in [0.15, 0.2) is 18.2 Å². The molecule has 2 amide bonds. The smallest absolute Gasteiger partial charge is 0.317 e. The van der Waals surface area contributed by atoms with E-state index in [-0.39, 0.29) is 12.1 Å². The van der Waals surface area contributed by atoms with Crippen molar-refractivity contribution in [2.24, 2.45) is 5.73 Å². The summed E-state index contributed by atoms with van der Waals surface area (Å²) < 4.78 is 0. The SMILES string of the molecule is Cc1cccc(CN)c1N1CCN2C(=O)NCC2C1. The highest BCUT2D eigenvalue weighted by molar-refractivity contribution is 5.77. The second-order valence-corrected chi connectivity index (χ2v) is 5.27. The molecule has 3 N–H and O–H groups in total. The molecule has 2 heterocycles. The Hall–Kier alpha value is -1.75. The van der Waals surface area contributed by atoms with Crippen LogP contribution in [-0.4, -0.2) is 43.2 Å². The number of amides is 2. The number of aryl methyl sites for hydroxylation is 1. The maximum Gasteiger partial charge on any atom is 0.317 e. The number of hydrogen-bond acceptors (Lipinski definition) is 3. The molecule has 102 valence electrons. The van der Waals surface area contributed by atoms with E-state index in [2.05, 4.69) is 35.3 Å². The standard InChI is InChI=1S/C14H20N4O/c1-10-3-2-4-11(7-15)13(10)17-5-6-18-12(9-17)8-16-14(18)19/h2-4,12H,5-9,15H2,1H3,(H,16,19). The van der Waals surface area contributed by atoms with Gasteiger partial charge in [0.05, 0.1) is 6.04 Å². The minimum atomic E-state index is 0.0773. The Bertz CT molecular complexity index is 502. The minimum absolute atomic E-state index is 0.0773. The molecule has 1 atom stereocenters. The van der Waals surface area contributed by atoms with Gasteiger partial charge in [0.2, 0.25) is 0 Å². The third kappa shape index (κ3) is 2.04. The van der Waals surface area contributed by atoms with Gasteiger partial charge in [0.1, 0.15) is 0 Å². The molecule has 2 aliphatic rings. The van der Waals surface area contributed by atoms with Crippen molar-refractivity contribution in [3.05, 3.63) is 29.3 Å². The van der Waals surface area contributed by atoms with Gasteiger partial charge < -0.3 is 20.9 Å². The van der Waals surface area contributed by atoms with Crippen molar-refractivity contribution in [1.82, 2.24) is 10.2 Å². The maximum absolute atomic E-state index is 11.6. The zero-order valence-electron chi connectivity index (χ0n) is 11.2. The molecule has 0 aromatic heterocycles. The van der Waals surface area contributed by atoms with E-state index < -0.39 is 0 Å². The summed E-state index contributed by atoms with van der Waals surface area (Å²) >= 11 is 0. The van der Waals surface area contributed by atoms with Crippen molar-refractivity contribution >= 4 is 11.7 Å². The highest BCUT2D eigenvalue weighted by Crippen LogP contribution is 2.28. The molecule has 0 spiro atoms. The van der Waals surface area contributed by atoms with Crippen LogP contribution in [0.25, 0.3) is 0 Å². The van der Waals surface area contributed by atoms with Gasteiger partial charge in [-0.25, -0.2) is 4.79 Å². The second kappa shape index (κ2) is 4.74. The van der Waals surface area contributed by atoms with Crippen LogP contribution in [-0.2, 0) is 6.54 Å². The van der Waals surface area contributed by atoms with Gasteiger partial charge in [0.15, 0.2) is 0 Å². The first-order chi connectivity index (χ1) is 9.20. The first kappa shape index (κ1) is 12.3. The van der Waals surface area contributed by atoms with Crippen molar-refractivity contribution in [2.75, 3.05) is 31.1 Å². The molecule has 0 aliphatic carbocycles. The van der Waals surface area contributed by atoms with Crippen molar-refractivity contribution < 1.29 is 4.79 Å². The molecule has 5 heteroatoms. The number of anilines is 1. The monoisotopic (exact) mass is 260 g/mol. The fraction of sp³-hybridized carbons (Fsp3) is 0.500. The van der Waals surface area contributed by atoms with Gasteiger partial charge in [0.25, 0.3) is 0 Å². The Morgan fingerprint density at radius 3 is 3.05 bits per heavy atom. The Balaban J connectivity index is 1.86. The lowest BCUT2D eigenvalue weighted by atomic mass is 10.0. The van der Waals surface area contributed by atoms with Crippen LogP contribution in [0.2, 0.25) is 0 Å². The number of carbonyl (C=O) groups is 1. The molecule has 2 saturated heterocycles. The number of para-hydroxylation sites is 1. The lowest BCUT2D eigenvalue weighted by molar-refractivity contribution is 0.197. The van der Waals surface area contributed by atoms with E-state index in [0.29, 0.717) is 6.54 Å². The predicted molar refractivity (Wildman–Crippen MR) is 75.2 cm³/mol. The summed E-state index contributed by atoms with van der Waals surface area (Å²) in [6, 6.07) is 6.63. The van der Waals surface area contributed by atoms with Gasteiger partial charge in [0, 0.05) is 38.4 Å². The first-order valence-electron chi connectivity index (χ1n) is 6.78. The van der Waals surface area contributed by atoms with Crippen LogP contribution in [0.4, 0.5) is 10.5 Å². The fourth-order valence-electron chi connectivity index (χ4n) is 3.14. The van der Waals surface area contributed by atoms with Gasteiger partial charge in [-0.05, 0) is 18.1 Å². The number of carbonyl (C=O) groups excluding carboxylic acids is 1. The van der Waals surface area contributed by atoms with E-state index in [1.54, 1.807) is 0 Å². The quantitative estimate of drug-likeness (QED) is 0.821. The lowest BCUT2D eigenvalue weighted by Crippen LogP contribution is -2.52. The first-order valence-corrected chi connectivity index (χ1v) is 6.78. The van der Waals surface area contributed by atoms with E-state index in [1.807, 2.05) is 4.90 Å². The Kier molecular flexibility index (Phi) is 3.06. The molecular weight excluding hydrogens is 240 g/mol. The zero-order valence-corrected chi connectivity index (χ0v) is 11.2. The average molecular weight is 260 g/mol. The molecule has 0 saturated carbocycles. The molecule has 0 radical (unpaired) electrons. The third-order valence-corrected chi connectivity index (χ3v) is 4.09. The van der Waals surface area contributed by atoms with Gasteiger partial charge in [-0.1, -0.05) is 18.2 Å². The topological polar surface area (TPSA) is 61.6 Å². The average Bonchev–Trinajstić information content (AvgIpc) is 2.79. The second-order valence-electron chi connectivity index (χ2n) is 5.27. The van der Waals surface area contributed by atoms with E-state index in [9.17, 15) is 4.79 Å². The normalized spacial score (nSPS) is 22.4. The maximum atomic E-state index is 11.6. The summed E-state index contributed by atoms with van der Waals surface area (Å²) in [6.45, 7) is 5.98. The highest BCUT2D eigenvalue weighted by Gasteiger charge is 2.36. The van der Waals surface area contributed by atoms with E-state index >= 15 is 0 Å². The van der Waals surface area contributed by atoms with Gasteiger partial charge >= 0.3 is 6.03 Å². The van der Waals surface area contributed by atoms with E-state index in [0.717, 1.165) is 26.2 Å². The van der Waals surface area contributed by atoms with E-state index in [4.69, 9.17) is 5.73 Å². The molecule has 1 aromatic carbocycles. The largest absolute Gasteiger partial charge is 0.367 e. The predicted octanol–water partition coefficient (Wildman–Crippen LogP) is 0.668. The summed E-state index contributed by atoms with van der Waals surface area (Å²) in [5.74, 6) is 0. The van der Waals surface area contributed by atoms with Gasteiger partial charge in [-0.3, -0.25) is 0 Å². The molecule has 3 rings (SSSR count). The molecule has 1 unspecified atom stereocenters. The minimum Gasteiger partial charge on any atom is -0.367 e. The van der Waals surface area contributed by atoms with Crippen LogP contribution in [0.5, 0.6) is 0 Å². The zero-order chi connectivity index (χ0) is 13.4. The fourth-order valence-corrected chi connectivity index (χ4v) is 3.14. The van der Waals surface area contributed by atoms with Crippen LogP contribution < -0.4 is 16.0 Å². The number of benzene rings is 1. The molecule has 2 fully saturated rings. The number of urea groups is 1. The third-order valence-electron chi connectivity index (χ3n) is 4.09. The Morgan fingerprint density at radius 2 is 2.26 bits per heavy atom. The van der Waals surface area contributed by atoms with Crippen molar-refractivity contribution in [3.8, 4) is 0 Å². The summed E-state index contributed by atoms with van der Waals surface area (Å²) in [7, 11) is 0. The van der Waals surface area contributed by atoms with Crippen molar-refractivity contribution in [2.45, 2.75) is 19.5 Å². The van der Waals surface area contributed by atoms with Gasteiger partial charge in [-0.2, -0.15) is 0 Å². The summed E-state index contributed by atoms with van der Waals surface area (Å²) in [6.07, 6.45) is 0. The van der Waals surface area contributed by atoms with E-state index in [1.165, 1.54) is 16.8 Å². The molecule has 0 bridgehead atoms. The number of rotatable bonds is 2. The van der Waals surface area contributed by atoms with Crippen molar-refractivity contribution in [3.63, 3.8) is 0 Å². The number of piperazine rings is 1. The summed E-state index contributed by atoms with van der Waals surface area (Å²) in [5.41, 5.74) is 9.55. The molecule has 19 heavy (non-hydrogen) atoms. The van der Waals surface area contributed by atoms with Gasteiger partial charge in [-0.15, -0.1) is 0 Å². The molecule has 1 aromatic rings. The Labute approximate surface area is 113 Å².